The SMILES string of the molecule is CC(C)(C)C(=O)Oc1ccc2cc(-c3cc(O)cc(O)c3)oc2c1. The lowest BCUT2D eigenvalue weighted by atomic mass is 9.97. The number of furan rings is 1. The van der Waals surface area contributed by atoms with Crippen molar-refractivity contribution < 1.29 is 24.2 Å². The first-order valence-electron chi connectivity index (χ1n) is 7.52. The molecular weight excluding hydrogens is 308 g/mol. The van der Waals surface area contributed by atoms with Crippen LogP contribution in [0.1, 0.15) is 20.8 Å². The molecule has 0 spiro atoms. The van der Waals surface area contributed by atoms with Crippen LogP contribution < -0.4 is 4.74 Å². The number of esters is 1. The number of phenols is 2. The van der Waals surface area contributed by atoms with Crippen LogP contribution in [0, 0.1) is 5.41 Å². The molecule has 1 aromatic heterocycles. The van der Waals surface area contributed by atoms with Gasteiger partial charge in [0.2, 0.25) is 0 Å². The standard InChI is InChI=1S/C19H18O5/c1-19(2,3)18(22)23-15-5-4-11-8-16(24-17(11)10-15)12-6-13(20)9-14(21)7-12/h4-10,20-21H,1-3H3. The second-order valence-electron chi connectivity index (χ2n) is 6.69. The van der Waals surface area contributed by atoms with Crippen molar-refractivity contribution in [3.05, 3.63) is 42.5 Å². The average Bonchev–Trinajstić information content (AvgIpc) is 2.88. The summed E-state index contributed by atoms with van der Waals surface area (Å²) in [5, 5.41) is 20.0. The van der Waals surface area contributed by atoms with Crippen molar-refractivity contribution in [3.8, 4) is 28.6 Å². The fraction of sp³-hybridized carbons (Fsp3) is 0.211. The molecule has 0 saturated heterocycles. The third kappa shape index (κ3) is 3.20. The number of benzene rings is 2. The molecule has 0 radical (unpaired) electrons. The highest BCUT2D eigenvalue weighted by atomic mass is 16.5. The van der Waals surface area contributed by atoms with Gasteiger partial charge in [-0.05, 0) is 51.1 Å². The number of carbonyl (C=O) groups is 1. The van der Waals surface area contributed by atoms with Gasteiger partial charge in [0.15, 0.2) is 0 Å². The van der Waals surface area contributed by atoms with Gasteiger partial charge in [0.1, 0.15) is 28.6 Å². The molecule has 0 aliphatic carbocycles. The lowest BCUT2D eigenvalue weighted by Crippen LogP contribution is -2.25. The highest BCUT2D eigenvalue weighted by molar-refractivity contribution is 5.85. The fourth-order valence-corrected chi connectivity index (χ4v) is 2.21. The van der Waals surface area contributed by atoms with Crippen molar-refractivity contribution in [1.29, 1.82) is 0 Å². The van der Waals surface area contributed by atoms with Crippen LogP contribution in [0.2, 0.25) is 0 Å². The van der Waals surface area contributed by atoms with E-state index in [-0.39, 0.29) is 17.5 Å². The van der Waals surface area contributed by atoms with E-state index in [0.29, 0.717) is 22.7 Å². The first-order chi connectivity index (χ1) is 11.2. The molecule has 3 rings (SSSR count). The van der Waals surface area contributed by atoms with Crippen molar-refractivity contribution in [1.82, 2.24) is 0 Å². The van der Waals surface area contributed by atoms with Crippen LogP contribution in [0.4, 0.5) is 0 Å². The number of carbonyl (C=O) groups excluding carboxylic acids is 1. The summed E-state index contributed by atoms with van der Waals surface area (Å²) in [4.78, 5) is 12.0. The minimum atomic E-state index is -0.595. The van der Waals surface area contributed by atoms with Crippen molar-refractivity contribution in [3.63, 3.8) is 0 Å². The molecule has 0 saturated carbocycles. The van der Waals surface area contributed by atoms with E-state index in [4.69, 9.17) is 9.15 Å². The van der Waals surface area contributed by atoms with Crippen LogP contribution in [0.15, 0.2) is 46.9 Å². The van der Waals surface area contributed by atoms with E-state index in [1.807, 2.05) is 0 Å². The predicted molar refractivity (Wildman–Crippen MR) is 90.1 cm³/mol. The Kier molecular flexibility index (Phi) is 3.72. The summed E-state index contributed by atoms with van der Waals surface area (Å²) in [7, 11) is 0. The molecule has 3 aromatic rings. The minimum absolute atomic E-state index is 0.0507. The number of ether oxygens (including phenoxy) is 1. The predicted octanol–water partition coefficient (Wildman–Crippen LogP) is 4.46. The summed E-state index contributed by atoms with van der Waals surface area (Å²) in [6.45, 7) is 5.35. The van der Waals surface area contributed by atoms with Gasteiger partial charge in [-0.25, -0.2) is 0 Å². The zero-order valence-corrected chi connectivity index (χ0v) is 13.7. The van der Waals surface area contributed by atoms with Crippen molar-refractivity contribution >= 4 is 16.9 Å². The molecule has 0 atom stereocenters. The van der Waals surface area contributed by atoms with E-state index in [1.165, 1.54) is 18.2 Å². The number of rotatable bonds is 2. The Balaban J connectivity index is 1.96. The molecule has 24 heavy (non-hydrogen) atoms. The summed E-state index contributed by atoms with van der Waals surface area (Å²) < 4.78 is 11.1. The molecule has 0 aliphatic rings. The monoisotopic (exact) mass is 326 g/mol. The Morgan fingerprint density at radius 1 is 1.00 bits per heavy atom. The smallest absolute Gasteiger partial charge is 0.316 e. The molecule has 1 heterocycles. The summed E-state index contributed by atoms with van der Waals surface area (Å²) in [6, 6.07) is 11.2. The lowest BCUT2D eigenvalue weighted by Gasteiger charge is -2.16. The maximum atomic E-state index is 12.0. The highest BCUT2D eigenvalue weighted by Crippen LogP contribution is 2.34. The Labute approximate surface area is 139 Å². The Morgan fingerprint density at radius 2 is 1.67 bits per heavy atom. The van der Waals surface area contributed by atoms with Gasteiger partial charge in [-0.15, -0.1) is 0 Å². The molecule has 0 bridgehead atoms. The van der Waals surface area contributed by atoms with Gasteiger partial charge in [0, 0.05) is 23.1 Å². The van der Waals surface area contributed by atoms with Crippen LogP contribution >= 0.6 is 0 Å². The van der Waals surface area contributed by atoms with Crippen molar-refractivity contribution in [2.75, 3.05) is 0 Å². The Bertz CT molecular complexity index is 895. The zero-order chi connectivity index (χ0) is 17.5. The van der Waals surface area contributed by atoms with Gasteiger partial charge in [-0.2, -0.15) is 0 Å². The second-order valence-corrected chi connectivity index (χ2v) is 6.69. The molecule has 0 fully saturated rings. The first kappa shape index (κ1) is 15.9. The summed E-state index contributed by atoms with van der Waals surface area (Å²) >= 11 is 0. The molecule has 2 aromatic carbocycles. The Morgan fingerprint density at radius 3 is 2.29 bits per heavy atom. The zero-order valence-electron chi connectivity index (χ0n) is 13.7. The molecule has 5 nitrogen and oxygen atoms in total. The number of fused-ring (bicyclic) bond motifs is 1. The van der Waals surface area contributed by atoms with E-state index in [1.54, 1.807) is 45.0 Å². The first-order valence-corrected chi connectivity index (χ1v) is 7.52. The molecule has 2 N–H and O–H groups in total. The fourth-order valence-electron chi connectivity index (χ4n) is 2.21. The molecule has 0 amide bonds. The number of aromatic hydroxyl groups is 2. The van der Waals surface area contributed by atoms with E-state index in [0.717, 1.165) is 5.39 Å². The van der Waals surface area contributed by atoms with Gasteiger partial charge < -0.3 is 19.4 Å². The second kappa shape index (κ2) is 5.60. The summed E-state index contributed by atoms with van der Waals surface area (Å²) in [6.07, 6.45) is 0. The minimum Gasteiger partial charge on any atom is -0.508 e. The van der Waals surface area contributed by atoms with Gasteiger partial charge in [-0.3, -0.25) is 4.79 Å². The van der Waals surface area contributed by atoms with Gasteiger partial charge in [0.25, 0.3) is 0 Å². The largest absolute Gasteiger partial charge is 0.508 e. The molecule has 124 valence electrons. The maximum Gasteiger partial charge on any atom is 0.316 e. The number of hydrogen-bond donors (Lipinski definition) is 2. The van der Waals surface area contributed by atoms with Crippen LogP contribution in [0.5, 0.6) is 17.2 Å². The summed E-state index contributed by atoms with van der Waals surface area (Å²) in [5.41, 5.74) is 0.506. The van der Waals surface area contributed by atoms with E-state index < -0.39 is 5.41 Å². The van der Waals surface area contributed by atoms with Gasteiger partial charge in [-0.1, -0.05) is 0 Å². The van der Waals surface area contributed by atoms with Crippen LogP contribution in [0.3, 0.4) is 0 Å². The number of hydrogen-bond acceptors (Lipinski definition) is 5. The molecular formula is C19H18O5. The van der Waals surface area contributed by atoms with E-state index in [2.05, 4.69) is 0 Å². The normalized spacial score (nSPS) is 11.6. The highest BCUT2D eigenvalue weighted by Gasteiger charge is 2.24. The van der Waals surface area contributed by atoms with Gasteiger partial charge in [0.05, 0.1) is 5.41 Å². The average molecular weight is 326 g/mol. The van der Waals surface area contributed by atoms with Crippen molar-refractivity contribution in [2.24, 2.45) is 5.41 Å². The summed E-state index contributed by atoms with van der Waals surface area (Å²) in [5.74, 6) is 0.472. The quantitative estimate of drug-likeness (QED) is 0.537. The third-order valence-electron chi connectivity index (χ3n) is 3.50. The molecule has 0 aliphatic heterocycles. The van der Waals surface area contributed by atoms with Crippen LogP contribution in [0.25, 0.3) is 22.3 Å². The Hall–Kier alpha value is -2.95. The molecule has 0 unspecified atom stereocenters. The van der Waals surface area contributed by atoms with E-state index >= 15 is 0 Å². The van der Waals surface area contributed by atoms with Crippen molar-refractivity contribution in [2.45, 2.75) is 20.8 Å². The van der Waals surface area contributed by atoms with Crippen LogP contribution in [-0.2, 0) is 4.79 Å². The van der Waals surface area contributed by atoms with Crippen LogP contribution in [-0.4, -0.2) is 16.2 Å². The topological polar surface area (TPSA) is 79.9 Å². The third-order valence-corrected chi connectivity index (χ3v) is 3.50. The molecule has 5 heteroatoms. The van der Waals surface area contributed by atoms with E-state index in [9.17, 15) is 15.0 Å². The lowest BCUT2D eigenvalue weighted by molar-refractivity contribution is -0.142. The number of phenolic OH excluding ortho intramolecular Hbond substituents is 2. The maximum absolute atomic E-state index is 12.0. The van der Waals surface area contributed by atoms with Gasteiger partial charge >= 0.3 is 5.97 Å².